The molecule has 0 aromatic heterocycles. The lowest BCUT2D eigenvalue weighted by atomic mass is 9.85. The van der Waals surface area contributed by atoms with E-state index in [0.717, 1.165) is 31.6 Å². The topological polar surface area (TPSA) is 21.3 Å². The molecule has 2 fully saturated rings. The maximum Gasteiger partial charge on any atom is 0.411 e. The molecule has 0 bridgehead atoms. The summed E-state index contributed by atoms with van der Waals surface area (Å²) in [6.07, 6.45) is 4.00. The quantitative estimate of drug-likeness (QED) is 0.844. The highest BCUT2D eigenvalue weighted by molar-refractivity contribution is 4.84. The summed E-state index contributed by atoms with van der Waals surface area (Å²) in [6.45, 7) is 1.18. The first-order valence-corrected chi connectivity index (χ1v) is 7.87. The summed E-state index contributed by atoms with van der Waals surface area (Å²) in [6, 6.07) is 0.887. The maximum atomic E-state index is 12.2. The van der Waals surface area contributed by atoms with E-state index in [1.807, 2.05) is 0 Å². The molecule has 2 saturated carbocycles. The Bertz CT molecular complexity index is 287. The minimum Gasteiger partial charge on any atom is -0.369 e. The van der Waals surface area contributed by atoms with Gasteiger partial charge in [0.25, 0.3) is 0 Å². The monoisotopic (exact) mass is 293 g/mol. The van der Waals surface area contributed by atoms with Crippen molar-refractivity contribution in [2.24, 2.45) is 5.92 Å². The number of hydrogen-bond acceptors (Lipinski definition) is 2. The van der Waals surface area contributed by atoms with Crippen LogP contribution in [0.4, 0.5) is 13.2 Å². The molecular weight excluding hydrogens is 267 g/mol. The third-order valence-electron chi connectivity index (χ3n) is 4.60. The largest absolute Gasteiger partial charge is 0.411 e. The Labute approximate surface area is 119 Å². The average Bonchev–Trinajstić information content (AvgIpc) is 2.39. The predicted octanol–water partition coefficient (Wildman–Crippen LogP) is 4.04. The molecule has 0 radical (unpaired) electrons. The summed E-state index contributed by atoms with van der Waals surface area (Å²) in [5.41, 5.74) is 0. The molecule has 2 aliphatic carbocycles. The van der Waals surface area contributed by atoms with Gasteiger partial charge in [0.05, 0.1) is 6.10 Å². The number of rotatable bonds is 4. The van der Waals surface area contributed by atoms with Crippen LogP contribution < -0.4 is 5.32 Å². The molecule has 5 heteroatoms. The minimum atomic E-state index is -4.21. The van der Waals surface area contributed by atoms with Gasteiger partial charge in [-0.3, -0.25) is 0 Å². The molecule has 0 aromatic rings. The molecule has 0 spiro atoms. The highest BCUT2D eigenvalue weighted by Gasteiger charge is 2.32. The molecule has 0 aromatic carbocycles. The first-order chi connectivity index (χ1) is 9.42. The summed E-state index contributed by atoms with van der Waals surface area (Å²) in [5.74, 6) is 0.822. The van der Waals surface area contributed by atoms with Crippen molar-refractivity contribution in [3.05, 3.63) is 0 Å². The van der Waals surface area contributed by atoms with E-state index in [1.165, 1.54) is 25.7 Å². The van der Waals surface area contributed by atoms with Crippen molar-refractivity contribution in [3.8, 4) is 0 Å². The molecule has 2 rings (SSSR count). The first-order valence-electron chi connectivity index (χ1n) is 7.87. The molecule has 1 N–H and O–H groups in total. The number of nitrogens with one attached hydrogen (secondary N) is 1. The van der Waals surface area contributed by atoms with Gasteiger partial charge in [0.15, 0.2) is 0 Å². The predicted molar refractivity (Wildman–Crippen MR) is 72.6 cm³/mol. The Morgan fingerprint density at radius 3 is 2.35 bits per heavy atom. The Morgan fingerprint density at radius 1 is 1.00 bits per heavy atom. The Hall–Kier alpha value is -0.290. The smallest absolute Gasteiger partial charge is 0.369 e. The second kappa shape index (κ2) is 7.12. The van der Waals surface area contributed by atoms with Gasteiger partial charge in [-0.1, -0.05) is 6.92 Å². The summed E-state index contributed by atoms with van der Waals surface area (Å²) >= 11 is 0. The molecule has 0 aliphatic heterocycles. The van der Waals surface area contributed by atoms with Crippen molar-refractivity contribution < 1.29 is 17.9 Å². The Morgan fingerprint density at radius 2 is 1.70 bits per heavy atom. The maximum absolute atomic E-state index is 12.2. The van der Waals surface area contributed by atoms with Crippen LogP contribution in [0.2, 0.25) is 0 Å². The highest BCUT2D eigenvalue weighted by atomic mass is 19.4. The molecule has 2 unspecified atom stereocenters. The first kappa shape index (κ1) is 16.1. The average molecular weight is 293 g/mol. The van der Waals surface area contributed by atoms with E-state index in [2.05, 4.69) is 12.2 Å². The lowest BCUT2D eigenvalue weighted by molar-refractivity contribution is -0.188. The summed E-state index contributed by atoms with van der Waals surface area (Å²) < 4.78 is 41.5. The summed E-state index contributed by atoms with van der Waals surface area (Å²) in [4.78, 5) is 0. The molecule has 0 amide bonds. The molecular formula is C15H26F3NO. The third-order valence-corrected chi connectivity index (χ3v) is 4.60. The molecule has 0 heterocycles. The van der Waals surface area contributed by atoms with Gasteiger partial charge in [-0.05, 0) is 57.3 Å². The molecule has 118 valence electrons. The minimum absolute atomic E-state index is 0.231. The number of hydrogen-bond donors (Lipinski definition) is 1. The zero-order valence-electron chi connectivity index (χ0n) is 12.2. The lowest BCUT2D eigenvalue weighted by Crippen LogP contribution is -2.44. The van der Waals surface area contributed by atoms with Crippen LogP contribution in [0.3, 0.4) is 0 Å². The van der Waals surface area contributed by atoms with Gasteiger partial charge in [-0.2, -0.15) is 13.2 Å². The van der Waals surface area contributed by atoms with Crippen molar-refractivity contribution >= 4 is 0 Å². The fraction of sp³-hybridized carbons (Fsp3) is 1.00. The second-order valence-electron chi connectivity index (χ2n) is 6.54. The number of alkyl halides is 3. The standard InChI is InChI=1S/C15H26F3NO/c1-11-5-7-12(8-6-11)19-13-3-2-4-14(9-13)20-10-15(16,17)18/h11-14,19H,2-10H2,1H3. The van der Waals surface area contributed by atoms with Gasteiger partial charge >= 0.3 is 6.18 Å². The molecule has 2 atom stereocenters. The number of ether oxygens (including phenoxy) is 1. The normalized spacial score (nSPS) is 36.0. The van der Waals surface area contributed by atoms with Gasteiger partial charge in [-0.25, -0.2) is 0 Å². The van der Waals surface area contributed by atoms with Gasteiger partial charge < -0.3 is 10.1 Å². The fourth-order valence-electron chi connectivity index (χ4n) is 3.42. The zero-order chi connectivity index (χ0) is 14.6. The lowest BCUT2D eigenvalue weighted by Gasteiger charge is -2.35. The van der Waals surface area contributed by atoms with Gasteiger partial charge in [0.1, 0.15) is 6.61 Å². The second-order valence-corrected chi connectivity index (χ2v) is 6.54. The zero-order valence-corrected chi connectivity index (χ0v) is 12.2. The van der Waals surface area contributed by atoms with E-state index in [9.17, 15) is 13.2 Å². The van der Waals surface area contributed by atoms with E-state index >= 15 is 0 Å². The number of halogens is 3. The van der Waals surface area contributed by atoms with E-state index in [4.69, 9.17) is 4.74 Å². The van der Waals surface area contributed by atoms with Crippen LogP contribution in [0.1, 0.15) is 58.3 Å². The van der Waals surface area contributed by atoms with Crippen LogP contribution in [-0.4, -0.2) is 31.0 Å². The molecule has 0 saturated heterocycles. The molecule has 20 heavy (non-hydrogen) atoms. The van der Waals surface area contributed by atoms with Crippen molar-refractivity contribution in [2.75, 3.05) is 6.61 Å². The summed E-state index contributed by atoms with van der Waals surface area (Å²) in [7, 11) is 0. The molecule has 2 aliphatic rings. The van der Waals surface area contributed by atoms with E-state index < -0.39 is 12.8 Å². The van der Waals surface area contributed by atoms with Crippen LogP contribution in [0.5, 0.6) is 0 Å². The third kappa shape index (κ3) is 5.60. The fourth-order valence-corrected chi connectivity index (χ4v) is 3.42. The van der Waals surface area contributed by atoms with Crippen molar-refractivity contribution in [3.63, 3.8) is 0 Å². The van der Waals surface area contributed by atoms with Crippen LogP contribution >= 0.6 is 0 Å². The van der Waals surface area contributed by atoms with Crippen molar-refractivity contribution in [2.45, 2.75) is 82.7 Å². The van der Waals surface area contributed by atoms with Crippen LogP contribution in [0, 0.1) is 5.92 Å². The summed E-state index contributed by atoms with van der Waals surface area (Å²) in [5, 5.41) is 3.64. The Balaban J connectivity index is 1.70. The van der Waals surface area contributed by atoms with E-state index in [0.29, 0.717) is 12.1 Å². The van der Waals surface area contributed by atoms with E-state index in [-0.39, 0.29) is 6.10 Å². The van der Waals surface area contributed by atoms with Crippen LogP contribution in [-0.2, 0) is 4.74 Å². The SMILES string of the molecule is CC1CCC(NC2CCCC(OCC(F)(F)F)C2)CC1. The van der Waals surface area contributed by atoms with Crippen LogP contribution in [0.15, 0.2) is 0 Å². The van der Waals surface area contributed by atoms with Gasteiger partial charge in [0.2, 0.25) is 0 Å². The van der Waals surface area contributed by atoms with Crippen molar-refractivity contribution in [1.29, 1.82) is 0 Å². The van der Waals surface area contributed by atoms with E-state index in [1.54, 1.807) is 0 Å². The molecule has 2 nitrogen and oxygen atoms in total. The van der Waals surface area contributed by atoms with Crippen LogP contribution in [0.25, 0.3) is 0 Å². The van der Waals surface area contributed by atoms with Crippen molar-refractivity contribution in [1.82, 2.24) is 5.32 Å². The highest BCUT2D eigenvalue weighted by Crippen LogP contribution is 2.27. The van der Waals surface area contributed by atoms with Gasteiger partial charge in [0, 0.05) is 12.1 Å². The Kier molecular flexibility index (Phi) is 5.73. The van der Waals surface area contributed by atoms with Gasteiger partial charge in [-0.15, -0.1) is 0 Å².